The van der Waals surface area contributed by atoms with Gasteiger partial charge < -0.3 is 9.64 Å². The Morgan fingerprint density at radius 2 is 1.94 bits per heavy atom. The largest absolute Gasteiger partial charge is 0.480 e. The van der Waals surface area contributed by atoms with Gasteiger partial charge in [-0.25, -0.2) is 13.4 Å². The zero-order chi connectivity index (χ0) is 25.3. The molecule has 4 rings (SSSR count). The second kappa shape index (κ2) is 7.83. The van der Waals surface area contributed by atoms with E-state index in [2.05, 4.69) is 4.98 Å². The molecule has 3 atom stereocenters. The molecule has 2 fully saturated rings. The Morgan fingerprint density at radius 1 is 1.26 bits per heavy atom. The molecule has 0 radical (unpaired) electrons. The molecular formula is C20H18F6N2O4S2. The van der Waals surface area contributed by atoms with Gasteiger partial charge in [-0.05, 0) is 37.5 Å². The van der Waals surface area contributed by atoms with Gasteiger partial charge in [0.15, 0.2) is 20.9 Å². The first-order chi connectivity index (χ1) is 15.5. The van der Waals surface area contributed by atoms with Crippen LogP contribution in [0.3, 0.4) is 0 Å². The Balaban J connectivity index is 1.63. The highest BCUT2D eigenvalue weighted by atomic mass is 32.2. The number of nitrogens with zero attached hydrogens (tertiary/aromatic N) is 2. The first kappa shape index (κ1) is 24.8. The van der Waals surface area contributed by atoms with Crippen molar-refractivity contribution in [1.82, 2.24) is 9.88 Å². The van der Waals surface area contributed by atoms with Crippen LogP contribution in [0.15, 0.2) is 28.5 Å². The number of aromatic nitrogens is 1. The lowest BCUT2D eigenvalue weighted by Gasteiger charge is -2.24. The van der Waals surface area contributed by atoms with Crippen LogP contribution in [-0.2, 0) is 21.4 Å². The van der Waals surface area contributed by atoms with Gasteiger partial charge in [-0.3, -0.25) is 4.79 Å². The van der Waals surface area contributed by atoms with Crippen molar-refractivity contribution in [1.29, 1.82) is 0 Å². The van der Waals surface area contributed by atoms with Crippen LogP contribution in [0.2, 0.25) is 0 Å². The molecule has 2 heterocycles. The molecule has 1 saturated heterocycles. The molecule has 2 aliphatic rings. The minimum atomic E-state index is -4.73. The third-order valence-electron chi connectivity index (χ3n) is 6.06. The third-order valence-corrected chi connectivity index (χ3v) is 8.06. The van der Waals surface area contributed by atoms with E-state index in [4.69, 9.17) is 4.74 Å². The molecule has 186 valence electrons. The number of amides is 1. The van der Waals surface area contributed by atoms with Gasteiger partial charge in [0.1, 0.15) is 5.75 Å². The smallest absolute Gasteiger partial charge is 0.443 e. The number of carbonyl (C=O) groups excluding carboxylic acids is 1. The van der Waals surface area contributed by atoms with E-state index in [-0.39, 0.29) is 35.2 Å². The lowest BCUT2D eigenvalue weighted by atomic mass is 10.0. The molecule has 2 aromatic rings. The molecule has 1 aromatic carbocycles. The first-order valence-electron chi connectivity index (χ1n) is 9.92. The molecular weight excluding hydrogens is 510 g/mol. The summed E-state index contributed by atoms with van der Waals surface area (Å²) < 4.78 is 107. The molecule has 0 bridgehead atoms. The average Bonchev–Trinajstić information content (AvgIpc) is 3.07. The Labute approximate surface area is 194 Å². The van der Waals surface area contributed by atoms with Gasteiger partial charge >= 0.3 is 12.4 Å². The van der Waals surface area contributed by atoms with Crippen LogP contribution < -0.4 is 4.74 Å². The summed E-state index contributed by atoms with van der Waals surface area (Å²) in [5, 5.41) is 0.311. The molecule has 34 heavy (non-hydrogen) atoms. The molecule has 0 N–H and O–H groups in total. The lowest BCUT2D eigenvalue weighted by molar-refractivity contribution is -0.189. The average molecular weight is 528 g/mol. The summed E-state index contributed by atoms with van der Waals surface area (Å²) in [5.41, 5.74) is -0.911. The standard InChI is InChI=1S/C20H18F6N2O4S2/c1-10(19(21,22)23)32-14-4-3-12(34(2,30)31)5-13(14)16(29)28-7-11-6-18(11,9-28)15-8-33-17(27-15)20(24,25)26/h3-5,8,10-11H,6-7,9H2,1-2H3/t10-,11?,18+/m1/s1. The summed E-state index contributed by atoms with van der Waals surface area (Å²) >= 11 is 0.458. The fraction of sp³-hybridized carbons (Fsp3) is 0.500. The van der Waals surface area contributed by atoms with Crippen LogP contribution in [0.25, 0.3) is 0 Å². The van der Waals surface area contributed by atoms with Crippen molar-refractivity contribution >= 4 is 27.1 Å². The van der Waals surface area contributed by atoms with Gasteiger partial charge in [-0.2, -0.15) is 26.3 Å². The zero-order valence-corrected chi connectivity index (χ0v) is 19.3. The van der Waals surface area contributed by atoms with Crippen LogP contribution >= 0.6 is 11.3 Å². The number of halogens is 6. The zero-order valence-electron chi connectivity index (χ0n) is 17.7. The second-order valence-corrected chi connectivity index (χ2v) is 11.4. The molecule has 1 amide bonds. The summed E-state index contributed by atoms with van der Waals surface area (Å²) in [4.78, 5) is 18.0. The predicted molar refractivity (Wildman–Crippen MR) is 109 cm³/mol. The quantitative estimate of drug-likeness (QED) is 0.541. The van der Waals surface area contributed by atoms with Crippen molar-refractivity contribution in [3.05, 3.63) is 39.8 Å². The maximum Gasteiger partial charge on any atom is 0.443 e. The molecule has 1 saturated carbocycles. The van der Waals surface area contributed by atoms with Gasteiger partial charge in [0, 0.05) is 30.1 Å². The molecule has 1 aliphatic heterocycles. The van der Waals surface area contributed by atoms with Crippen molar-refractivity contribution in [2.75, 3.05) is 19.3 Å². The number of likely N-dealkylation sites (tertiary alicyclic amines) is 1. The van der Waals surface area contributed by atoms with Gasteiger partial charge in [-0.1, -0.05) is 0 Å². The van der Waals surface area contributed by atoms with E-state index in [9.17, 15) is 39.6 Å². The van der Waals surface area contributed by atoms with E-state index in [0.29, 0.717) is 17.8 Å². The van der Waals surface area contributed by atoms with Crippen molar-refractivity contribution < 1.29 is 44.3 Å². The number of hydrogen-bond acceptors (Lipinski definition) is 6. The summed E-state index contributed by atoms with van der Waals surface area (Å²) in [7, 11) is -3.79. The summed E-state index contributed by atoms with van der Waals surface area (Å²) in [6, 6.07) is 2.99. The molecule has 0 spiro atoms. The highest BCUT2D eigenvalue weighted by molar-refractivity contribution is 7.90. The fourth-order valence-corrected chi connectivity index (χ4v) is 5.55. The van der Waals surface area contributed by atoms with Crippen molar-refractivity contribution in [2.45, 2.75) is 42.1 Å². The van der Waals surface area contributed by atoms with Gasteiger partial charge in [0.25, 0.3) is 5.91 Å². The van der Waals surface area contributed by atoms with Gasteiger partial charge in [-0.15, -0.1) is 11.3 Å². The summed E-state index contributed by atoms with van der Waals surface area (Å²) in [6.07, 6.45) is -10.2. The van der Waals surface area contributed by atoms with E-state index < -0.39 is 50.4 Å². The van der Waals surface area contributed by atoms with E-state index >= 15 is 0 Å². The number of alkyl halides is 6. The Hall–Kier alpha value is -2.35. The Morgan fingerprint density at radius 3 is 2.50 bits per heavy atom. The number of carbonyl (C=O) groups is 1. The number of piperidine rings is 1. The molecule has 1 aliphatic carbocycles. The fourth-order valence-electron chi connectivity index (χ4n) is 4.10. The van der Waals surface area contributed by atoms with Crippen molar-refractivity contribution in [3.63, 3.8) is 0 Å². The summed E-state index contributed by atoms with van der Waals surface area (Å²) in [5.74, 6) is -1.37. The van der Waals surface area contributed by atoms with Gasteiger partial charge in [0.05, 0.1) is 16.2 Å². The Bertz CT molecular complexity index is 1240. The topological polar surface area (TPSA) is 76.6 Å². The SMILES string of the molecule is C[C@@H](Oc1ccc(S(C)(=O)=O)cc1C(=O)N1CC2C[C@]2(c2csc(C(F)(F)F)n2)C1)C(F)(F)F. The predicted octanol–water partition coefficient (Wildman–Crippen LogP) is 4.31. The molecule has 6 nitrogen and oxygen atoms in total. The second-order valence-electron chi connectivity index (χ2n) is 8.51. The minimum Gasteiger partial charge on any atom is -0.480 e. The van der Waals surface area contributed by atoms with Crippen LogP contribution in [0, 0.1) is 5.92 Å². The normalized spacial score (nSPS) is 23.5. The van der Waals surface area contributed by atoms with Crippen LogP contribution in [0.5, 0.6) is 5.75 Å². The number of benzene rings is 1. The van der Waals surface area contributed by atoms with Crippen molar-refractivity contribution in [3.8, 4) is 5.75 Å². The van der Waals surface area contributed by atoms with E-state index in [1.807, 2.05) is 0 Å². The first-order valence-corrected chi connectivity index (χ1v) is 12.7. The number of fused-ring (bicyclic) bond motifs is 1. The van der Waals surface area contributed by atoms with Crippen LogP contribution in [-0.4, -0.2) is 55.8 Å². The van der Waals surface area contributed by atoms with E-state index in [0.717, 1.165) is 31.4 Å². The van der Waals surface area contributed by atoms with E-state index in [1.165, 1.54) is 10.3 Å². The number of thiazole rings is 1. The number of ether oxygens (including phenoxy) is 1. The Kier molecular flexibility index (Phi) is 5.71. The number of hydrogen-bond donors (Lipinski definition) is 0. The van der Waals surface area contributed by atoms with Crippen LogP contribution in [0.4, 0.5) is 26.3 Å². The van der Waals surface area contributed by atoms with E-state index in [1.54, 1.807) is 0 Å². The summed E-state index contributed by atoms with van der Waals surface area (Å²) in [6.45, 7) is 0.906. The highest BCUT2D eigenvalue weighted by Crippen LogP contribution is 2.59. The van der Waals surface area contributed by atoms with Crippen LogP contribution in [0.1, 0.15) is 34.4 Å². The lowest BCUT2D eigenvalue weighted by Crippen LogP contribution is -2.35. The third kappa shape index (κ3) is 4.49. The number of rotatable bonds is 5. The maximum absolute atomic E-state index is 13.3. The molecule has 1 aromatic heterocycles. The molecule has 1 unspecified atom stereocenters. The van der Waals surface area contributed by atoms with Crippen molar-refractivity contribution in [2.24, 2.45) is 5.92 Å². The minimum absolute atomic E-state index is 0.00883. The molecule has 14 heteroatoms. The monoisotopic (exact) mass is 528 g/mol. The maximum atomic E-state index is 13.3. The highest BCUT2D eigenvalue weighted by Gasteiger charge is 2.63. The number of sulfone groups is 1. The van der Waals surface area contributed by atoms with Gasteiger partial charge in [0.2, 0.25) is 0 Å².